The highest BCUT2D eigenvalue weighted by Gasteiger charge is 2.54. The van der Waals surface area contributed by atoms with Crippen molar-refractivity contribution in [3.8, 4) is 0 Å². The van der Waals surface area contributed by atoms with Gasteiger partial charge in [-0.15, -0.1) is 0 Å². The van der Waals surface area contributed by atoms with Gasteiger partial charge < -0.3 is 4.85 Å². The van der Waals surface area contributed by atoms with Crippen molar-refractivity contribution in [2.75, 3.05) is 0 Å². The lowest BCUT2D eigenvalue weighted by Gasteiger charge is -2.38. The van der Waals surface area contributed by atoms with Gasteiger partial charge >= 0.3 is 0 Å². The Morgan fingerprint density at radius 3 is 2.65 bits per heavy atom. The van der Waals surface area contributed by atoms with Gasteiger partial charge in [-0.1, -0.05) is 39.3 Å². The van der Waals surface area contributed by atoms with Gasteiger partial charge in [-0.05, 0) is 37.5 Å². The van der Waals surface area contributed by atoms with Crippen LogP contribution in [0.2, 0.25) is 0 Å². The van der Waals surface area contributed by atoms with E-state index in [1.54, 1.807) is 5.57 Å². The summed E-state index contributed by atoms with van der Waals surface area (Å²) in [5, 5.41) is 0. The van der Waals surface area contributed by atoms with E-state index in [9.17, 15) is 0 Å². The normalized spacial score (nSPS) is 41.6. The Balaban J connectivity index is 2.40. The summed E-state index contributed by atoms with van der Waals surface area (Å²) in [7, 11) is 0. The molecule has 4 atom stereocenters. The zero-order chi connectivity index (χ0) is 12.6. The Bertz CT molecular complexity index is 360. The standard InChI is InChI=1S/C16H25N/c1-11(2)14-7-6-13(4)16(10-14)9-8-12(3)15(16)17-5/h10-13,15H,6-9H2,1-4H3/t12-,13-,15?,16-/m0/s1. The van der Waals surface area contributed by atoms with Crippen molar-refractivity contribution >= 4 is 0 Å². The summed E-state index contributed by atoms with van der Waals surface area (Å²) in [4.78, 5) is 4.00. The van der Waals surface area contributed by atoms with Crippen molar-refractivity contribution in [2.24, 2.45) is 23.2 Å². The van der Waals surface area contributed by atoms with Gasteiger partial charge in [0.25, 0.3) is 0 Å². The molecule has 17 heavy (non-hydrogen) atoms. The minimum absolute atomic E-state index is 0.207. The van der Waals surface area contributed by atoms with E-state index in [1.807, 2.05) is 0 Å². The third-order valence-corrected chi connectivity index (χ3v) is 5.24. The molecule has 0 radical (unpaired) electrons. The summed E-state index contributed by atoms with van der Waals surface area (Å²) in [6.45, 7) is 16.8. The summed E-state index contributed by atoms with van der Waals surface area (Å²) in [6.07, 6.45) is 7.53. The number of hydrogen-bond donors (Lipinski definition) is 0. The maximum absolute atomic E-state index is 7.55. The minimum atomic E-state index is 0.207. The van der Waals surface area contributed by atoms with Gasteiger partial charge in [0, 0.05) is 5.92 Å². The van der Waals surface area contributed by atoms with Gasteiger partial charge in [0.2, 0.25) is 6.04 Å². The molecule has 0 aromatic carbocycles. The van der Waals surface area contributed by atoms with Gasteiger partial charge in [-0.25, -0.2) is 6.57 Å². The van der Waals surface area contributed by atoms with E-state index in [-0.39, 0.29) is 11.5 Å². The third kappa shape index (κ3) is 1.92. The van der Waals surface area contributed by atoms with E-state index in [1.165, 1.54) is 25.7 Å². The van der Waals surface area contributed by atoms with Crippen LogP contribution in [-0.4, -0.2) is 6.04 Å². The molecule has 2 rings (SSSR count). The van der Waals surface area contributed by atoms with Crippen molar-refractivity contribution in [3.63, 3.8) is 0 Å². The summed E-state index contributed by atoms with van der Waals surface area (Å²) in [5.74, 6) is 1.92. The first kappa shape index (κ1) is 12.7. The molecular formula is C16H25N. The van der Waals surface area contributed by atoms with Crippen LogP contribution in [0.15, 0.2) is 11.6 Å². The second-order valence-corrected chi connectivity index (χ2v) is 6.52. The van der Waals surface area contributed by atoms with E-state index >= 15 is 0 Å². The monoisotopic (exact) mass is 231 g/mol. The largest absolute Gasteiger partial charge is 0.312 e. The number of nitrogens with zero attached hydrogens (tertiary/aromatic N) is 1. The first-order chi connectivity index (χ1) is 8.01. The van der Waals surface area contributed by atoms with Gasteiger partial charge in [-0.3, -0.25) is 0 Å². The lowest BCUT2D eigenvalue weighted by molar-refractivity contribution is 0.203. The molecule has 1 unspecified atom stereocenters. The topological polar surface area (TPSA) is 4.36 Å². The molecule has 0 amide bonds. The predicted molar refractivity (Wildman–Crippen MR) is 72.5 cm³/mol. The Hall–Kier alpha value is -0.770. The molecule has 0 saturated heterocycles. The van der Waals surface area contributed by atoms with Crippen LogP contribution in [0, 0.1) is 29.7 Å². The maximum Gasteiger partial charge on any atom is 0.235 e. The highest BCUT2D eigenvalue weighted by molar-refractivity contribution is 5.24. The van der Waals surface area contributed by atoms with Crippen LogP contribution in [0.5, 0.6) is 0 Å². The van der Waals surface area contributed by atoms with Crippen LogP contribution < -0.4 is 0 Å². The summed E-state index contributed by atoms with van der Waals surface area (Å²) >= 11 is 0. The van der Waals surface area contributed by atoms with Gasteiger partial charge in [0.05, 0.1) is 5.41 Å². The van der Waals surface area contributed by atoms with Gasteiger partial charge in [0.1, 0.15) is 0 Å². The molecule has 2 aliphatic rings. The summed E-state index contributed by atoms with van der Waals surface area (Å²) in [5.41, 5.74) is 1.81. The van der Waals surface area contributed by atoms with Crippen LogP contribution in [0.3, 0.4) is 0 Å². The Morgan fingerprint density at radius 1 is 1.35 bits per heavy atom. The molecular weight excluding hydrogens is 206 g/mol. The molecule has 94 valence electrons. The molecule has 0 aliphatic heterocycles. The quantitative estimate of drug-likeness (QED) is 0.455. The molecule has 1 fully saturated rings. The van der Waals surface area contributed by atoms with E-state index in [2.05, 4.69) is 38.6 Å². The average molecular weight is 231 g/mol. The van der Waals surface area contributed by atoms with Crippen LogP contribution in [0.25, 0.3) is 4.85 Å². The lowest BCUT2D eigenvalue weighted by Crippen LogP contribution is -2.37. The SMILES string of the molecule is [C-]#[N+]C1[C@@H](C)CC[C@@]12C=C(C(C)C)CC[C@@H]2C. The highest BCUT2D eigenvalue weighted by atomic mass is 14.8. The number of rotatable bonds is 1. The second kappa shape index (κ2) is 4.48. The smallest absolute Gasteiger partial charge is 0.235 e. The predicted octanol–water partition coefficient (Wildman–Crippen LogP) is 4.70. The molecule has 1 saturated carbocycles. The fourth-order valence-corrected chi connectivity index (χ4v) is 3.92. The molecule has 0 bridgehead atoms. The van der Waals surface area contributed by atoms with Crippen molar-refractivity contribution in [2.45, 2.75) is 59.4 Å². The summed E-state index contributed by atoms with van der Waals surface area (Å²) in [6, 6.07) is 0.228. The second-order valence-electron chi connectivity index (χ2n) is 6.52. The molecule has 1 nitrogen and oxygen atoms in total. The number of allylic oxidation sites excluding steroid dienone is 1. The Kier molecular flexibility index (Phi) is 3.34. The van der Waals surface area contributed by atoms with Crippen molar-refractivity contribution in [1.82, 2.24) is 0 Å². The zero-order valence-corrected chi connectivity index (χ0v) is 11.7. The lowest BCUT2D eigenvalue weighted by atomic mass is 9.64. The van der Waals surface area contributed by atoms with Crippen LogP contribution in [0.1, 0.15) is 53.4 Å². The molecule has 1 heteroatoms. The van der Waals surface area contributed by atoms with Crippen molar-refractivity contribution in [1.29, 1.82) is 0 Å². The van der Waals surface area contributed by atoms with Gasteiger partial charge in [-0.2, -0.15) is 0 Å². The zero-order valence-electron chi connectivity index (χ0n) is 11.7. The van der Waals surface area contributed by atoms with Gasteiger partial charge in [0.15, 0.2) is 0 Å². The van der Waals surface area contributed by atoms with E-state index in [0.29, 0.717) is 17.8 Å². The maximum atomic E-state index is 7.55. The Morgan fingerprint density at radius 2 is 2.06 bits per heavy atom. The van der Waals surface area contributed by atoms with Crippen molar-refractivity contribution < 1.29 is 0 Å². The van der Waals surface area contributed by atoms with Crippen LogP contribution in [-0.2, 0) is 0 Å². The minimum Gasteiger partial charge on any atom is -0.312 e. The molecule has 1 spiro atoms. The van der Waals surface area contributed by atoms with Crippen LogP contribution in [0.4, 0.5) is 0 Å². The number of hydrogen-bond acceptors (Lipinski definition) is 0. The fourth-order valence-electron chi connectivity index (χ4n) is 3.92. The average Bonchev–Trinajstić information content (AvgIpc) is 2.60. The van der Waals surface area contributed by atoms with Crippen molar-refractivity contribution in [3.05, 3.63) is 23.1 Å². The third-order valence-electron chi connectivity index (χ3n) is 5.24. The first-order valence-corrected chi connectivity index (χ1v) is 7.09. The molecule has 0 N–H and O–H groups in total. The Labute approximate surface area is 106 Å². The van der Waals surface area contributed by atoms with E-state index in [4.69, 9.17) is 6.57 Å². The first-order valence-electron chi connectivity index (χ1n) is 7.09. The molecule has 0 aromatic heterocycles. The molecule has 2 aliphatic carbocycles. The summed E-state index contributed by atoms with van der Waals surface area (Å²) < 4.78 is 0. The fraction of sp³-hybridized carbons (Fsp3) is 0.812. The molecule has 0 aromatic rings. The van der Waals surface area contributed by atoms with Crippen LogP contribution >= 0.6 is 0 Å². The van der Waals surface area contributed by atoms with E-state index in [0.717, 1.165) is 0 Å². The highest BCUT2D eigenvalue weighted by Crippen LogP contribution is 2.54. The van der Waals surface area contributed by atoms with E-state index < -0.39 is 0 Å². The molecule has 0 heterocycles.